The van der Waals surface area contributed by atoms with E-state index in [1.807, 2.05) is 0 Å². The molecule has 15 heteroatoms. The maximum absolute atomic E-state index is 12.9. The molecule has 0 aliphatic rings. The summed E-state index contributed by atoms with van der Waals surface area (Å²) in [6, 6.07) is 17.7. The van der Waals surface area contributed by atoms with Crippen molar-refractivity contribution < 1.29 is 36.3 Å². The van der Waals surface area contributed by atoms with Gasteiger partial charge in [-0.3, -0.25) is 20.2 Å². The third-order valence-corrected chi connectivity index (χ3v) is 7.42. The Morgan fingerprint density at radius 3 is 1.30 bits per heavy atom. The largest absolute Gasteiger partial charge is 2.00 e. The molecule has 0 fully saturated rings. The van der Waals surface area contributed by atoms with Crippen molar-refractivity contribution in [2.75, 3.05) is 0 Å². The van der Waals surface area contributed by atoms with Gasteiger partial charge in [-0.15, -0.1) is 0 Å². The molecule has 0 bridgehead atoms. The normalized spacial score (nSPS) is 11.5. The molecular formula is C22H16N8O4S2Zn. The SMILES string of the molecule is O=S(=O)([N-]c1ccnn1-c1ccccn1)c1ccc(S(=O)(=O)[N-]c2ccnn2-c2ccccn2)cc1.[Zn+2]. The van der Waals surface area contributed by atoms with Gasteiger partial charge in [-0.05, 0) is 72.3 Å². The first-order valence-electron chi connectivity index (χ1n) is 10.3. The molecule has 5 rings (SSSR count). The van der Waals surface area contributed by atoms with Gasteiger partial charge in [0.15, 0.2) is 0 Å². The zero-order chi connectivity index (χ0) is 25.2. The van der Waals surface area contributed by atoms with Crippen LogP contribution in [-0.4, -0.2) is 46.4 Å². The third-order valence-electron chi connectivity index (χ3n) is 4.82. The van der Waals surface area contributed by atoms with Gasteiger partial charge in [0.1, 0.15) is 0 Å². The maximum atomic E-state index is 12.9. The van der Waals surface area contributed by atoms with Crippen LogP contribution in [0.5, 0.6) is 0 Å². The van der Waals surface area contributed by atoms with E-state index in [0.29, 0.717) is 11.6 Å². The van der Waals surface area contributed by atoms with Crippen molar-refractivity contribution in [3.8, 4) is 11.6 Å². The van der Waals surface area contributed by atoms with Crippen LogP contribution >= 0.6 is 0 Å². The Hall–Kier alpha value is -3.94. The molecule has 0 amide bonds. The second kappa shape index (κ2) is 10.6. The third kappa shape index (κ3) is 5.58. The molecule has 0 aliphatic heterocycles. The van der Waals surface area contributed by atoms with Crippen LogP contribution in [-0.2, 0) is 39.5 Å². The minimum Gasteiger partial charge on any atom is -0.352 e. The van der Waals surface area contributed by atoms with Gasteiger partial charge >= 0.3 is 19.5 Å². The molecule has 182 valence electrons. The summed E-state index contributed by atoms with van der Waals surface area (Å²) in [7, 11) is -8.36. The molecule has 4 aromatic heterocycles. The van der Waals surface area contributed by atoms with Crippen LogP contribution in [0.15, 0.2) is 107 Å². The Morgan fingerprint density at radius 2 is 0.946 bits per heavy atom. The molecule has 0 aliphatic carbocycles. The van der Waals surface area contributed by atoms with Crippen LogP contribution in [0.4, 0.5) is 11.6 Å². The van der Waals surface area contributed by atoms with E-state index in [1.165, 1.54) is 33.9 Å². The van der Waals surface area contributed by atoms with Gasteiger partial charge in [-0.2, -0.15) is 0 Å². The van der Waals surface area contributed by atoms with Crippen molar-refractivity contribution >= 4 is 31.7 Å². The van der Waals surface area contributed by atoms with Crippen LogP contribution in [0.25, 0.3) is 21.1 Å². The van der Waals surface area contributed by atoms with Crippen LogP contribution in [0.2, 0.25) is 0 Å². The van der Waals surface area contributed by atoms with E-state index in [0.717, 1.165) is 24.3 Å². The fraction of sp³-hybridized carbons (Fsp3) is 0. The Bertz CT molecular complexity index is 1580. The van der Waals surface area contributed by atoms with Gasteiger partial charge in [0.05, 0.1) is 21.4 Å². The Kier molecular flexibility index (Phi) is 7.48. The Balaban J connectivity index is 0.00000320. The minimum atomic E-state index is -4.18. The van der Waals surface area contributed by atoms with Crippen LogP contribution in [0.1, 0.15) is 0 Å². The van der Waals surface area contributed by atoms with Crippen molar-refractivity contribution in [1.29, 1.82) is 0 Å². The smallest absolute Gasteiger partial charge is 0.352 e. The van der Waals surface area contributed by atoms with Crippen LogP contribution < -0.4 is 0 Å². The summed E-state index contributed by atoms with van der Waals surface area (Å²) in [5, 5.41) is 8.14. The van der Waals surface area contributed by atoms with Crippen LogP contribution in [0, 0.1) is 0 Å². The van der Waals surface area contributed by atoms with Gasteiger partial charge in [0.2, 0.25) is 20.0 Å². The Morgan fingerprint density at radius 1 is 0.541 bits per heavy atom. The van der Waals surface area contributed by atoms with E-state index in [4.69, 9.17) is 0 Å². The molecule has 4 heterocycles. The number of rotatable bonds is 8. The molecule has 0 unspecified atom stereocenters. The molecule has 5 aromatic rings. The predicted octanol–water partition coefficient (Wildman–Crippen LogP) is 3.63. The average Bonchev–Trinajstić information content (AvgIpc) is 3.54. The number of sulfonamides is 2. The molecule has 37 heavy (non-hydrogen) atoms. The summed E-state index contributed by atoms with van der Waals surface area (Å²) in [6.07, 6.45) is 5.89. The van der Waals surface area contributed by atoms with Crippen molar-refractivity contribution in [2.45, 2.75) is 9.79 Å². The predicted molar refractivity (Wildman–Crippen MR) is 130 cm³/mol. The minimum absolute atomic E-state index is 0. The van der Waals surface area contributed by atoms with Gasteiger partial charge in [0.25, 0.3) is 0 Å². The second-order valence-corrected chi connectivity index (χ2v) is 10.4. The van der Waals surface area contributed by atoms with E-state index in [9.17, 15) is 16.8 Å². The van der Waals surface area contributed by atoms with E-state index < -0.39 is 20.0 Å². The molecule has 0 atom stereocenters. The molecular weight excluding hydrogens is 570 g/mol. The molecule has 0 spiro atoms. The summed E-state index contributed by atoms with van der Waals surface area (Å²) in [5.74, 6) is 0.875. The molecule has 0 saturated heterocycles. The molecule has 0 N–H and O–H groups in total. The van der Waals surface area contributed by atoms with E-state index in [1.54, 1.807) is 48.8 Å². The topological polar surface area (TPSA) is 158 Å². The number of benzene rings is 1. The number of hydrogen-bond donors (Lipinski definition) is 0. The average molecular weight is 586 g/mol. The first-order valence-corrected chi connectivity index (χ1v) is 13.2. The number of hydrogen-bond acceptors (Lipinski definition) is 8. The monoisotopic (exact) mass is 584 g/mol. The van der Waals surface area contributed by atoms with Crippen molar-refractivity contribution in [1.82, 2.24) is 29.5 Å². The zero-order valence-corrected chi connectivity index (χ0v) is 23.6. The standard InChI is InChI=1S/C22H16N8O4S2.Zn/c31-35(32,27-21-11-15-25-29(21)19-5-1-3-13-23-19)17-7-9-18(10-8-17)36(33,34)28-22-12-16-26-30(22)20-6-2-4-14-24-20;/h1-16H;/q-2;+2. The second-order valence-electron chi connectivity index (χ2n) is 7.18. The van der Waals surface area contributed by atoms with Crippen molar-refractivity contribution in [3.05, 3.63) is 107 Å². The summed E-state index contributed by atoms with van der Waals surface area (Å²) < 4.78 is 61.8. The van der Waals surface area contributed by atoms with Crippen LogP contribution in [0.3, 0.4) is 0 Å². The fourth-order valence-corrected chi connectivity index (χ4v) is 5.12. The summed E-state index contributed by atoms with van der Waals surface area (Å²) in [4.78, 5) is 7.87. The van der Waals surface area contributed by atoms with E-state index in [2.05, 4.69) is 29.6 Å². The molecule has 0 saturated carbocycles. The van der Waals surface area contributed by atoms with Gasteiger partial charge in [-0.25, -0.2) is 16.8 Å². The van der Waals surface area contributed by atoms with Gasteiger partial charge in [-0.1, -0.05) is 12.1 Å². The fourth-order valence-electron chi connectivity index (χ4n) is 3.18. The number of aromatic nitrogens is 6. The van der Waals surface area contributed by atoms with Gasteiger partial charge < -0.3 is 18.8 Å². The molecule has 1 aromatic carbocycles. The summed E-state index contributed by atoms with van der Waals surface area (Å²) >= 11 is 0. The summed E-state index contributed by atoms with van der Waals surface area (Å²) in [6.45, 7) is 0. The van der Waals surface area contributed by atoms with Crippen molar-refractivity contribution in [2.24, 2.45) is 0 Å². The molecule has 12 nitrogen and oxygen atoms in total. The molecule has 0 radical (unpaired) electrons. The zero-order valence-electron chi connectivity index (χ0n) is 19.0. The first-order chi connectivity index (χ1) is 17.3. The summed E-state index contributed by atoms with van der Waals surface area (Å²) in [5.41, 5.74) is 0. The Labute approximate surface area is 225 Å². The number of pyridine rings is 2. The van der Waals surface area contributed by atoms with Crippen molar-refractivity contribution in [3.63, 3.8) is 0 Å². The van der Waals surface area contributed by atoms with E-state index in [-0.39, 0.29) is 40.9 Å². The number of nitrogens with zero attached hydrogens (tertiary/aromatic N) is 8. The van der Waals surface area contributed by atoms with E-state index >= 15 is 0 Å². The maximum Gasteiger partial charge on any atom is 2.00 e. The quantitative estimate of drug-likeness (QED) is 0.250. The first kappa shape index (κ1) is 26.1. The van der Waals surface area contributed by atoms with Gasteiger partial charge in [0, 0.05) is 24.8 Å².